The van der Waals surface area contributed by atoms with Gasteiger partial charge in [0.25, 0.3) is 0 Å². The van der Waals surface area contributed by atoms with Crippen molar-refractivity contribution in [3.8, 4) is 5.88 Å². The van der Waals surface area contributed by atoms with Gasteiger partial charge in [-0.15, -0.1) is 0 Å². The van der Waals surface area contributed by atoms with Crippen LogP contribution in [0.15, 0.2) is 18.2 Å². The third-order valence-electron chi connectivity index (χ3n) is 4.13. The summed E-state index contributed by atoms with van der Waals surface area (Å²) in [6, 6.07) is 5.37. The van der Waals surface area contributed by atoms with Gasteiger partial charge in [-0.2, -0.15) is 0 Å². The van der Waals surface area contributed by atoms with E-state index < -0.39 is 6.10 Å². The van der Waals surface area contributed by atoms with Crippen molar-refractivity contribution in [3.05, 3.63) is 23.9 Å². The number of nitrogens with two attached hydrogens (primary N) is 1. The summed E-state index contributed by atoms with van der Waals surface area (Å²) in [7, 11) is 0. The van der Waals surface area contributed by atoms with Gasteiger partial charge in [0, 0.05) is 19.2 Å². The predicted octanol–water partition coefficient (Wildman–Crippen LogP) is 1.71. The van der Waals surface area contributed by atoms with Crippen molar-refractivity contribution in [1.82, 2.24) is 9.88 Å². The molecule has 2 heterocycles. The molecule has 0 aromatic carbocycles. The van der Waals surface area contributed by atoms with Crippen molar-refractivity contribution in [3.63, 3.8) is 0 Å². The lowest BCUT2D eigenvalue weighted by Crippen LogP contribution is -2.40. The van der Waals surface area contributed by atoms with Gasteiger partial charge in [0.05, 0.1) is 25.0 Å². The summed E-state index contributed by atoms with van der Waals surface area (Å²) >= 11 is 0. The van der Waals surface area contributed by atoms with Crippen molar-refractivity contribution in [2.24, 2.45) is 11.7 Å². The summed E-state index contributed by atoms with van der Waals surface area (Å²) in [5.74, 6) is 0.895. The lowest BCUT2D eigenvalue weighted by atomic mass is 9.98. The number of hydrogen-bond donors (Lipinski definition) is 2. The zero-order valence-electron chi connectivity index (χ0n) is 14.2. The lowest BCUT2D eigenvalue weighted by Gasteiger charge is -2.30. The first-order valence-corrected chi connectivity index (χ1v) is 8.53. The molecule has 2 rings (SSSR count). The van der Waals surface area contributed by atoms with E-state index in [0.717, 1.165) is 12.8 Å². The maximum atomic E-state index is 11.7. The number of nitrogens with zero attached hydrogens (tertiary/aromatic N) is 2. The number of amides is 1. The highest BCUT2D eigenvalue weighted by Gasteiger charge is 2.24. The number of likely N-dealkylation sites (tertiary alicyclic amines) is 1. The van der Waals surface area contributed by atoms with E-state index in [-0.39, 0.29) is 6.09 Å². The summed E-state index contributed by atoms with van der Waals surface area (Å²) in [4.78, 5) is 17.7. The van der Waals surface area contributed by atoms with E-state index in [0.29, 0.717) is 56.8 Å². The molecule has 7 heteroatoms. The number of aliphatic hydroxyl groups is 1. The predicted molar refractivity (Wildman–Crippen MR) is 89.7 cm³/mol. The minimum atomic E-state index is -0.661. The van der Waals surface area contributed by atoms with Gasteiger partial charge in [0.2, 0.25) is 5.88 Å². The second-order valence-electron chi connectivity index (χ2n) is 5.93. The van der Waals surface area contributed by atoms with E-state index in [1.165, 1.54) is 0 Å². The van der Waals surface area contributed by atoms with E-state index in [1.54, 1.807) is 17.0 Å². The van der Waals surface area contributed by atoms with E-state index >= 15 is 0 Å². The van der Waals surface area contributed by atoms with Gasteiger partial charge in [-0.3, -0.25) is 0 Å². The fraction of sp³-hybridized carbons (Fsp3) is 0.647. The second-order valence-corrected chi connectivity index (χ2v) is 5.93. The molecule has 0 spiro atoms. The van der Waals surface area contributed by atoms with Crippen LogP contribution < -0.4 is 10.5 Å². The molecule has 1 aliphatic rings. The van der Waals surface area contributed by atoms with E-state index in [9.17, 15) is 9.90 Å². The monoisotopic (exact) mass is 337 g/mol. The molecule has 1 aromatic heterocycles. The molecule has 0 saturated carbocycles. The average molecular weight is 337 g/mol. The summed E-state index contributed by atoms with van der Waals surface area (Å²) < 4.78 is 10.8. The van der Waals surface area contributed by atoms with Gasteiger partial charge in [-0.05, 0) is 44.7 Å². The van der Waals surface area contributed by atoms with Crippen LogP contribution in [0.25, 0.3) is 0 Å². The fourth-order valence-corrected chi connectivity index (χ4v) is 2.70. The number of pyridine rings is 1. The Kier molecular flexibility index (Phi) is 7.27. The van der Waals surface area contributed by atoms with Crippen LogP contribution in [0.4, 0.5) is 4.79 Å². The Labute approximate surface area is 142 Å². The Morgan fingerprint density at radius 2 is 2.21 bits per heavy atom. The van der Waals surface area contributed by atoms with Crippen LogP contribution in [0.3, 0.4) is 0 Å². The molecular weight excluding hydrogens is 310 g/mol. The molecule has 1 saturated heterocycles. The van der Waals surface area contributed by atoms with Gasteiger partial charge in [-0.1, -0.05) is 6.07 Å². The molecule has 0 bridgehead atoms. The molecule has 24 heavy (non-hydrogen) atoms. The largest absolute Gasteiger partial charge is 0.477 e. The van der Waals surface area contributed by atoms with Gasteiger partial charge < -0.3 is 25.2 Å². The van der Waals surface area contributed by atoms with Gasteiger partial charge in [0.15, 0.2) is 0 Å². The van der Waals surface area contributed by atoms with Gasteiger partial charge >= 0.3 is 6.09 Å². The smallest absolute Gasteiger partial charge is 0.409 e. The molecule has 3 N–H and O–H groups in total. The summed E-state index contributed by atoms with van der Waals surface area (Å²) in [6.45, 7) is 4.56. The maximum Gasteiger partial charge on any atom is 0.409 e. The van der Waals surface area contributed by atoms with Crippen LogP contribution in [0.1, 0.15) is 38.0 Å². The van der Waals surface area contributed by atoms with Crippen molar-refractivity contribution >= 4 is 6.09 Å². The van der Waals surface area contributed by atoms with Crippen LogP contribution in [-0.2, 0) is 4.74 Å². The number of ether oxygens (including phenoxy) is 2. The number of carbonyl (C=O) groups is 1. The molecule has 1 aromatic rings. The first kappa shape index (κ1) is 18.5. The average Bonchev–Trinajstić information content (AvgIpc) is 2.61. The summed E-state index contributed by atoms with van der Waals surface area (Å²) in [5, 5.41) is 9.94. The van der Waals surface area contributed by atoms with Crippen LogP contribution >= 0.6 is 0 Å². The minimum absolute atomic E-state index is 0.236. The van der Waals surface area contributed by atoms with Crippen molar-refractivity contribution in [2.45, 2.75) is 32.3 Å². The standard InChI is InChI=1S/C17H27N3O4/c1-2-23-17(22)20-10-7-13(8-11-20)12-24-16-5-3-4-14(19-16)15(21)6-9-18/h3-5,13,15,21H,2,6-12,18H2,1H3. The topological polar surface area (TPSA) is 97.9 Å². The lowest BCUT2D eigenvalue weighted by molar-refractivity contribution is 0.0839. The van der Waals surface area contributed by atoms with E-state index in [1.807, 2.05) is 13.0 Å². The Balaban J connectivity index is 1.78. The molecule has 1 aliphatic heterocycles. The van der Waals surface area contributed by atoms with Crippen molar-refractivity contribution in [2.75, 3.05) is 32.8 Å². The van der Waals surface area contributed by atoms with E-state index in [4.69, 9.17) is 15.2 Å². The SMILES string of the molecule is CCOC(=O)N1CCC(COc2cccc(C(O)CCN)n2)CC1. The summed E-state index contributed by atoms with van der Waals surface area (Å²) in [5.41, 5.74) is 6.04. The molecule has 1 fully saturated rings. The molecule has 134 valence electrons. The Morgan fingerprint density at radius 3 is 2.88 bits per heavy atom. The highest BCUT2D eigenvalue weighted by atomic mass is 16.6. The van der Waals surface area contributed by atoms with Gasteiger partial charge in [0.1, 0.15) is 0 Å². The Morgan fingerprint density at radius 1 is 1.46 bits per heavy atom. The molecule has 0 radical (unpaired) electrons. The zero-order chi connectivity index (χ0) is 17.4. The number of hydrogen-bond acceptors (Lipinski definition) is 6. The number of carbonyl (C=O) groups excluding carboxylic acids is 1. The molecule has 0 aliphatic carbocycles. The summed E-state index contributed by atoms with van der Waals surface area (Å²) in [6.07, 6.45) is 1.34. The highest BCUT2D eigenvalue weighted by Crippen LogP contribution is 2.21. The Bertz CT molecular complexity index is 518. The molecule has 7 nitrogen and oxygen atoms in total. The maximum absolute atomic E-state index is 11.7. The first-order valence-electron chi connectivity index (χ1n) is 8.53. The third kappa shape index (κ3) is 5.35. The number of aromatic nitrogens is 1. The first-order chi connectivity index (χ1) is 11.6. The third-order valence-corrected chi connectivity index (χ3v) is 4.13. The normalized spacial score (nSPS) is 16.7. The van der Waals surface area contributed by atoms with Crippen molar-refractivity contribution < 1.29 is 19.4 Å². The fourth-order valence-electron chi connectivity index (χ4n) is 2.70. The number of aliphatic hydroxyl groups excluding tert-OH is 1. The van der Waals surface area contributed by atoms with Crippen molar-refractivity contribution in [1.29, 1.82) is 0 Å². The molecule has 1 unspecified atom stereocenters. The molecule has 1 amide bonds. The van der Waals surface area contributed by atoms with Crippen LogP contribution in [0, 0.1) is 5.92 Å². The second kappa shape index (κ2) is 9.44. The highest BCUT2D eigenvalue weighted by molar-refractivity contribution is 5.67. The quantitative estimate of drug-likeness (QED) is 0.786. The minimum Gasteiger partial charge on any atom is -0.477 e. The number of rotatable bonds is 7. The van der Waals surface area contributed by atoms with Gasteiger partial charge in [-0.25, -0.2) is 9.78 Å². The van der Waals surface area contributed by atoms with E-state index in [2.05, 4.69) is 4.98 Å². The van der Waals surface area contributed by atoms with Crippen LogP contribution in [-0.4, -0.2) is 53.9 Å². The van der Waals surface area contributed by atoms with Crippen LogP contribution in [0.2, 0.25) is 0 Å². The molecule has 1 atom stereocenters. The number of piperidine rings is 1. The van der Waals surface area contributed by atoms with Crippen LogP contribution in [0.5, 0.6) is 5.88 Å². The zero-order valence-corrected chi connectivity index (χ0v) is 14.2. The Hall–Kier alpha value is -1.86. The molecular formula is C17H27N3O4.